The predicted molar refractivity (Wildman–Crippen MR) is 86.2 cm³/mol. The Morgan fingerprint density at radius 3 is 2.73 bits per heavy atom. The van der Waals surface area contributed by atoms with E-state index in [2.05, 4.69) is 4.90 Å². The van der Waals surface area contributed by atoms with Crippen LogP contribution in [0.25, 0.3) is 0 Å². The highest BCUT2D eigenvalue weighted by Crippen LogP contribution is 2.18. The van der Waals surface area contributed by atoms with Gasteiger partial charge in [-0.1, -0.05) is 18.2 Å². The van der Waals surface area contributed by atoms with Crippen LogP contribution in [0.3, 0.4) is 0 Å². The summed E-state index contributed by atoms with van der Waals surface area (Å²) in [6.45, 7) is 5.25. The van der Waals surface area contributed by atoms with Gasteiger partial charge in [-0.2, -0.15) is 0 Å². The van der Waals surface area contributed by atoms with E-state index in [0.717, 1.165) is 57.1 Å². The zero-order valence-corrected chi connectivity index (χ0v) is 13.6. The van der Waals surface area contributed by atoms with Crippen molar-refractivity contribution in [2.45, 2.75) is 12.8 Å². The van der Waals surface area contributed by atoms with Crippen molar-refractivity contribution in [2.24, 2.45) is 0 Å². The largest absolute Gasteiger partial charge is 0.496 e. The fourth-order valence-electron chi connectivity index (χ4n) is 2.79. The molecule has 22 heavy (non-hydrogen) atoms. The molecule has 0 atom stereocenters. The maximum atomic E-state index is 12.5. The molecule has 0 spiro atoms. The Kier molecular flexibility index (Phi) is 6.68. The summed E-state index contributed by atoms with van der Waals surface area (Å²) >= 11 is 0. The van der Waals surface area contributed by atoms with Gasteiger partial charge >= 0.3 is 0 Å². The summed E-state index contributed by atoms with van der Waals surface area (Å²) in [5.74, 6) is 0.963. The molecule has 1 heterocycles. The number of nitrogens with zero attached hydrogens (tertiary/aromatic N) is 2. The first kappa shape index (κ1) is 16.8. The average molecular weight is 306 g/mol. The van der Waals surface area contributed by atoms with Crippen LogP contribution in [0.1, 0.15) is 12.0 Å². The van der Waals surface area contributed by atoms with E-state index in [9.17, 15) is 4.79 Å². The Balaban J connectivity index is 1.90. The topological polar surface area (TPSA) is 42.0 Å². The van der Waals surface area contributed by atoms with Gasteiger partial charge in [0.25, 0.3) is 0 Å². The number of benzene rings is 1. The summed E-state index contributed by atoms with van der Waals surface area (Å²) in [6.07, 6.45) is 1.42. The fraction of sp³-hybridized carbons (Fsp3) is 0.588. The van der Waals surface area contributed by atoms with E-state index in [1.807, 2.05) is 29.2 Å². The quantitative estimate of drug-likeness (QED) is 0.797. The van der Waals surface area contributed by atoms with Gasteiger partial charge in [0.2, 0.25) is 5.91 Å². The Morgan fingerprint density at radius 1 is 1.14 bits per heavy atom. The van der Waals surface area contributed by atoms with Crippen LogP contribution in [0.15, 0.2) is 24.3 Å². The number of para-hydroxylation sites is 1. The molecule has 0 aromatic heterocycles. The van der Waals surface area contributed by atoms with Crippen LogP contribution in [0, 0.1) is 0 Å². The lowest BCUT2D eigenvalue weighted by Crippen LogP contribution is -2.36. The lowest BCUT2D eigenvalue weighted by atomic mass is 10.1. The molecule has 5 heteroatoms. The van der Waals surface area contributed by atoms with Crippen molar-refractivity contribution in [3.63, 3.8) is 0 Å². The van der Waals surface area contributed by atoms with E-state index in [1.165, 1.54) is 0 Å². The molecule has 1 fully saturated rings. The van der Waals surface area contributed by atoms with Crippen molar-refractivity contribution in [2.75, 3.05) is 53.6 Å². The smallest absolute Gasteiger partial charge is 0.227 e. The van der Waals surface area contributed by atoms with Crippen molar-refractivity contribution in [1.29, 1.82) is 0 Å². The Hall–Kier alpha value is -1.59. The van der Waals surface area contributed by atoms with Gasteiger partial charge in [0.1, 0.15) is 5.75 Å². The SMILES string of the molecule is COCCN1CCCN(C(=O)Cc2ccccc2OC)CC1. The Labute approximate surface area is 132 Å². The summed E-state index contributed by atoms with van der Waals surface area (Å²) in [5, 5.41) is 0. The molecule has 0 unspecified atom stereocenters. The van der Waals surface area contributed by atoms with Crippen LogP contribution in [0.2, 0.25) is 0 Å². The number of carbonyl (C=O) groups excluding carboxylic acids is 1. The van der Waals surface area contributed by atoms with E-state index in [-0.39, 0.29) is 5.91 Å². The number of hydrogen-bond donors (Lipinski definition) is 0. The lowest BCUT2D eigenvalue weighted by molar-refractivity contribution is -0.130. The zero-order chi connectivity index (χ0) is 15.8. The van der Waals surface area contributed by atoms with Crippen molar-refractivity contribution < 1.29 is 14.3 Å². The second kappa shape index (κ2) is 8.76. The molecule has 1 aromatic carbocycles. The third-order valence-corrected chi connectivity index (χ3v) is 4.09. The van der Waals surface area contributed by atoms with Crippen LogP contribution >= 0.6 is 0 Å². The molecular formula is C17H26N2O3. The Morgan fingerprint density at radius 2 is 1.95 bits per heavy atom. The molecule has 0 saturated carbocycles. The van der Waals surface area contributed by atoms with Gasteiger partial charge < -0.3 is 14.4 Å². The van der Waals surface area contributed by atoms with Crippen molar-refractivity contribution in [3.8, 4) is 5.75 Å². The van der Waals surface area contributed by atoms with Crippen LogP contribution < -0.4 is 4.74 Å². The van der Waals surface area contributed by atoms with Crippen LogP contribution in [-0.4, -0.2) is 69.3 Å². The summed E-state index contributed by atoms with van der Waals surface area (Å²) in [7, 11) is 3.36. The molecular weight excluding hydrogens is 280 g/mol. The van der Waals surface area contributed by atoms with Gasteiger partial charge in [-0.05, 0) is 19.0 Å². The molecule has 1 saturated heterocycles. The van der Waals surface area contributed by atoms with Gasteiger partial charge in [-0.15, -0.1) is 0 Å². The molecule has 1 aliphatic heterocycles. The first-order chi connectivity index (χ1) is 10.7. The highest BCUT2D eigenvalue weighted by molar-refractivity contribution is 5.79. The van der Waals surface area contributed by atoms with E-state index >= 15 is 0 Å². The minimum atomic E-state index is 0.179. The molecule has 1 amide bonds. The third kappa shape index (κ3) is 4.71. The van der Waals surface area contributed by atoms with Crippen LogP contribution in [0.5, 0.6) is 5.75 Å². The van der Waals surface area contributed by atoms with E-state index in [0.29, 0.717) is 6.42 Å². The average Bonchev–Trinajstić information content (AvgIpc) is 2.79. The number of amides is 1. The highest BCUT2D eigenvalue weighted by atomic mass is 16.5. The normalized spacial score (nSPS) is 16.4. The predicted octanol–water partition coefficient (Wildman–Crippen LogP) is 1.42. The molecule has 1 aromatic rings. The molecule has 2 rings (SSSR count). The first-order valence-corrected chi connectivity index (χ1v) is 7.85. The van der Waals surface area contributed by atoms with Crippen molar-refractivity contribution in [1.82, 2.24) is 9.80 Å². The number of methoxy groups -OCH3 is 2. The monoisotopic (exact) mass is 306 g/mol. The van der Waals surface area contributed by atoms with E-state index < -0.39 is 0 Å². The molecule has 0 radical (unpaired) electrons. The molecule has 0 N–H and O–H groups in total. The van der Waals surface area contributed by atoms with E-state index in [1.54, 1.807) is 14.2 Å². The van der Waals surface area contributed by atoms with E-state index in [4.69, 9.17) is 9.47 Å². The third-order valence-electron chi connectivity index (χ3n) is 4.09. The second-order valence-corrected chi connectivity index (χ2v) is 5.56. The van der Waals surface area contributed by atoms with Crippen LogP contribution in [0.4, 0.5) is 0 Å². The van der Waals surface area contributed by atoms with Gasteiger partial charge in [-0.25, -0.2) is 0 Å². The standard InChI is InChI=1S/C17H26N2O3/c1-21-13-12-18-8-5-9-19(11-10-18)17(20)14-15-6-3-4-7-16(15)22-2/h3-4,6-7H,5,8-14H2,1-2H3. The number of rotatable bonds is 6. The minimum absolute atomic E-state index is 0.179. The molecule has 122 valence electrons. The molecule has 0 bridgehead atoms. The maximum absolute atomic E-state index is 12.5. The maximum Gasteiger partial charge on any atom is 0.227 e. The van der Waals surface area contributed by atoms with Gasteiger partial charge in [0, 0.05) is 38.9 Å². The Bertz CT molecular complexity index is 479. The summed E-state index contributed by atoms with van der Waals surface area (Å²) in [4.78, 5) is 16.9. The number of ether oxygens (including phenoxy) is 2. The van der Waals surface area contributed by atoms with Gasteiger partial charge in [0.05, 0.1) is 20.1 Å². The zero-order valence-electron chi connectivity index (χ0n) is 13.6. The van der Waals surface area contributed by atoms with Crippen molar-refractivity contribution >= 4 is 5.91 Å². The first-order valence-electron chi connectivity index (χ1n) is 7.85. The fourth-order valence-corrected chi connectivity index (χ4v) is 2.79. The minimum Gasteiger partial charge on any atom is -0.496 e. The lowest BCUT2D eigenvalue weighted by Gasteiger charge is -2.22. The number of carbonyl (C=O) groups is 1. The van der Waals surface area contributed by atoms with Crippen molar-refractivity contribution in [3.05, 3.63) is 29.8 Å². The summed E-state index contributed by atoms with van der Waals surface area (Å²) < 4.78 is 10.5. The van der Waals surface area contributed by atoms with Crippen LogP contribution in [-0.2, 0) is 16.0 Å². The van der Waals surface area contributed by atoms with Gasteiger partial charge in [-0.3, -0.25) is 9.69 Å². The summed E-state index contributed by atoms with van der Waals surface area (Å²) in [5.41, 5.74) is 0.954. The highest BCUT2D eigenvalue weighted by Gasteiger charge is 2.20. The summed E-state index contributed by atoms with van der Waals surface area (Å²) in [6, 6.07) is 7.73. The molecule has 5 nitrogen and oxygen atoms in total. The number of hydrogen-bond acceptors (Lipinski definition) is 4. The molecule has 1 aliphatic rings. The molecule has 0 aliphatic carbocycles. The second-order valence-electron chi connectivity index (χ2n) is 5.56. The van der Waals surface area contributed by atoms with Gasteiger partial charge in [0.15, 0.2) is 0 Å².